The molecule has 0 aliphatic rings. The van der Waals surface area contributed by atoms with E-state index in [0.29, 0.717) is 6.61 Å². The fourth-order valence-corrected chi connectivity index (χ4v) is 1.10. The van der Waals surface area contributed by atoms with Gasteiger partial charge in [-0.25, -0.2) is 4.79 Å². The molecule has 0 saturated heterocycles. The van der Waals surface area contributed by atoms with Crippen LogP contribution in [0.25, 0.3) is 6.08 Å². The van der Waals surface area contributed by atoms with Crippen LogP contribution < -0.4 is 4.74 Å². The molecular weight excluding hydrogens is 192 g/mol. The smallest absolute Gasteiger partial charge is 0.330 e. The van der Waals surface area contributed by atoms with E-state index in [1.165, 1.54) is 6.08 Å². The predicted octanol–water partition coefficient (Wildman–Crippen LogP) is 2.27. The van der Waals surface area contributed by atoms with Gasteiger partial charge in [0.25, 0.3) is 0 Å². The molecule has 0 fully saturated rings. The normalized spacial score (nSPS) is 10.3. The van der Waals surface area contributed by atoms with E-state index >= 15 is 0 Å². The van der Waals surface area contributed by atoms with Crippen LogP contribution in [-0.2, 0) is 9.53 Å². The van der Waals surface area contributed by atoms with Gasteiger partial charge in [0, 0.05) is 6.08 Å². The van der Waals surface area contributed by atoms with Crippen LogP contribution in [0.4, 0.5) is 0 Å². The van der Waals surface area contributed by atoms with Crippen LogP contribution in [-0.4, -0.2) is 19.7 Å². The largest absolute Gasteiger partial charge is 0.497 e. The molecule has 0 N–H and O–H groups in total. The Hall–Kier alpha value is -1.77. The highest BCUT2D eigenvalue weighted by Crippen LogP contribution is 2.13. The van der Waals surface area contributed by atoms with Crippen molar-refractivity contribution < 1.29 is 14.3 Å². The molecule has 0 aliphatic carbocycles. The lowest BCUT2D eigenvalue weighted by atomic mass is 10.2. The van der Waals surface area contributed by atoms with Crippen molar-refractivity contribution in [2.45, 2.75) is 6.92 Å². The van der Waals surface area contributed by atoms with Crippen LogP contribution >= 0.6 is 0 Å². The first-order valence-electron chi connectivity index (χ1n) is 4.75. The van der Waals surface area contributed by atoms with Crippen molar-refractivity contribution in [3.63, 3.8) is 0 Å². The second-order valence-electron chi connectivity index (χ2n) is 2.86. The molecule has 3 nitrogen and oxygen atoms in total. The summed E-state index contributed by atoms with van der Waals surface area (Å²) in [4.78, 5) is 11.0. The number of methoxy groups -OCH3 is 1. The van der Waals surface area contributed by atoms with E-state index in [9.17, 15) is 4.79 Å². The summed E-state index contributed by atoms with van der Waals surface area (Å²) in [6.45, 7) is 2.17. The summed E-state index contributed by atoms with van der Waals surface area (Å²) in [6.07, 6.45) is 3.10. The quantitative estimate of drug-likeness (QED) is 0.560. The first-order chi connectivity index (χ1) is 7.26. The van der Waals surface area contributed by atoms with E-state index in [0.717, 1.165) is 11.3 Å². The summed E-state index contributed by atoms with van der Waals surface area (Å²) in [5, 5.41) is 0. The third kappa shape index (κ3) is 3.85. The summed E-state index contributed by atoms with van der Waals surface area (Å²) >= 11 is 0. The summed E-state index contributed by atoms with van der Waals surface area (Å²) in [7, 11) is 1.61. The van der Waals surface area contributed by atoms with Crippen LogP contribution in [0.2, 0.25) is 0 Å². The van der Waals surface area contributed by atoms with Gasteiger partial charge in [-0.1, -0.05) is 12.1 Å². The highest BCUT2D eigenvalue weighted by molar-refractivity contribution is 5.87. The number of ether oxygens (including phenoxy) is 2. The maximum atomic E-state index is 11.0. The minimum absolute atomic E-state index is 0.333. The molecule has 0 spiro atoms. The lowest BCUT2D eigenvalue weighted by Crippen LogP contribution is -1.98. The fraction of sp³-hybridized carbons (Fsp3) is 0.250. The molecule has 0 atom stereocenters. The van der Waals surface area contributed by atoms with Crippen LogP contribution in [0, 0.1) is 0 Å². The molecular formula is C12H14O3. The number of rotatable bonds is 4. The second-order valence-corrected chi connectivity index (χ2v) is 2.86. The standard InChI is InChI=1S/C12H14O3/c1-3-15-12(13)8-7-10-5-4-6-11(9-10)14-2/h4-9H,3H2,1-2H3/b8-7+. The average Bonchev–Trinajstić information content (AvgIpc) is 2.27. The highest BCUT2D eigenvalue weighted by Gasteiger charge is 1.95. The summed E-state index contributed by atoms with van der Waals surface area (Å²) in [5.74, 6) is 0.432. The first-order valence-corrected chi connectivity index (χ1v) is 4.75. The first kappa shape index (κ1) is 11.3. The highest BCUT2D eigenvalue weighted by atomic mass is 16.5. The molecule has 15 heavy (non-hydrogen) atoms. The van der Waals surface area contributed by atoms with Crippen LogP contribution in [0.3, 0.4) is 0 Å². The van der Waals surface area contributed by atoms with Crippen molar-refractivity contribution in [3.05, 3.63) is 35.9 Å². The summed E-state index contributed by atoms with van der Waals surface area (Å²) < 4.78 is 9.82. The lowest BCUT2D eigenvalue weighted by molar-refractivity contribution is -0.137. The Morgan fingerprint density at radius 1 is 1.47 bits per heavy atom. The Morgan fingerprint density at radius 3 is 2.93 bits per heavy atom. The molecule has 0 bridgehead atoms. The van der Waals surface area contributed by atoms with Gasteiger partial charge < -0.3 is 9.47 Å². The van der Waals surface area contributed by atoms with Crippen LogP contribution in [0.1, 0.15) is 12.5 Å². The van der Waals surface area contributed by atoms with Gasteiger partial charge in [-0.2, -0.15) is 0 Å². The number of carbonyl (C=O) groups is 1. The molecule has 0 amide bonds. The Kier molecular flexibility index (Phi) is 4.41. The van der Waals surface area contributed by atoms with Gasteiger partial charge in [-0.15, -0.1) is 0 Å². The Labute approximate surface area is 89.3 Å². The molecule has 0 radical (unpaired) electrons. The van der Waals surface area contributed by atoms with Gasteiger partial charge in [-0.3, -0.25) is 0 Å². The minimum Gasteiger partial charge on any atom is -0.497 e. The maximum Gasteiger partial charge on any atom is 0.330 e. The molecule has 0 aliphatic heterocycles. The maximum absolute atomic E-state index is 11.0. The van der Waals surface area contributed by atoms with E-state index in [-0.39, 0.29) is 5.97 Å². The zero-order valence-corrected chi connectivity index (χ0v) is 8.90. The molecule has 1 rings (SSSR count). The Balaban J connectivity index is 2.67. The van der Waals surface area contributed by atoms with Crippen LogP contribution in [0.15, 0.2) is 30.3 Å². The van der Waals surface area contributed by atoms with E-state index < -0.39 is 0 Å². The topological polar surface area (TPSA) is 35.5 Å². The van der Waals surface area contributed by atoms with Crippen molar-refractivity contribution in [3.8, 4) is 5.75 Å². The average molecular weight is 206 g/mol. The molecule has 0 heterocycles. The molecule has 0 aromatic heterocycles. The van der Waals surface area contributed by atoms with Gasteiger partial charge in [0.1, 0.15) is 5.75 Å². The zero-order valence-electron chi connectivity index (χ0n) is 8.90. The molecule has 0 saturated carbocycles. The van der Waals surface area contributed by atoms with Crippen molar-refractivity contribution in [2.75, 3.05) is 13.7 Å². The van der Waals surface area contributed by atoms with Crippen LogP contribution in [0.5, 0.6) is 5.75 Å². The van der Waals surface area contributed by atoms with Crippen molar-refractivity contribution in [1.82, 2.24) is 0 Å². The van der Waals surface area contributed by atoms with Crippen molar-refractivity contribution in [2.24, 2.45) is 0 Å². The molecule has 0 unspecified atom stereocenters. The predicted molar refractivity (Wildman–Crippen MR) is 58.7 cm³/mol. The zero-order chi connectivity index (χ0) is 11.1. The van der Waals surface area contributed by atoms with Gasteiger partial charge >= 0.3 is 5.97 Å². The van der Waals surface area contributed by atoms with E-state index in [1.807, 2.05) is 24.3 Å². The molecule has 1 aromatic rings. The third-order valence-electron chi connectivity index (χ3n) is 1.79. The second kappa shape index (κ2) is 5.86. The Morgan fingerprint density at radius 2 is 2.27 bits per heavy atom. The van der Waals surface area contributed by atoms with E-state index in [2.05, 4.69) is 0 Å². The number of hydrogen-bond acceptors (Lipinski definition) is 3. The summed E-state index contributed by atoms with van der Waals surface area (Å²) in [5.41, 5.74) is 0.905. The SMILES string of the molecule is CCOC(=O)/C=C/c1cccc(OC)c1. The van der Waals surface area contributed by atoms with Gasteiger partial charge in [0.15, 0.2) is 0 Å². The van der Waals surface area contributed by atoms with E-state index in [4.69, 9.17) is 9.47 Å². The number of benzene rings is 1. The van der Waals surface area contributed by atoms with Crippen molar-refractivity contribution >= 4 is 12.0 Å². The van der Waals surface area contributed by atoms with E-state index in [1.54, 1.807) is 20.1 Å². The van der Waals surface area contributed by atoms with Crippen molar-refractivity contribution in [1.29, 1.82) is 0 Å². The van der Waals surface area contributed by atoms with Gasteiger partial charge in [0.05, 0.1) is 13.7 Å². The molecule has 1 aromatic carbocycles. The number of esters is 1. The van der Waals surface area contributed by atoms with Gasteiger partial charge in [0.2, 0.25) is 0 Å². The molecule has 80 valence electrons. The van der Waals surface area contributed by atoms with Gasteiger partial charge in [-0.05, 0) is 30.7 Å². The minimum atomic E-state index is -0.333. The Bertz CT molecular complexity index is 356. The summed E-state index contributed by atoms with van der Waals surface area (Å²) in [6, 6.07) is 7.44. The monoisotopic (exact) mass is 206 g/mol. The number of carbonyl (C=O) groups excluding carboxylic acids is 1. The third-order valence-corrected chi connectivity index (χ3v) is 1.79. The number of hydrogen-bond donors (Lipinski definition) is 0. The lowest BCUT2D eigenvalue weighted by Gasteiger charge is -2.00. The molecule has 3 heteroatoms. The fourth-order valence-electron chi connectivity index (χ4n) is 1.10.